The lowest BCUT2D eigenvalue weighted by Crippen LogP contribution is -2.30. The Morgan fingerprint density at radius 3 is 0.836 bits per heavy atom. The van der Waals surface area contributed by atoms with Gasteiger partial charge in [0, 0.05) is 19.3 Å². The molecule has 0 aromatic rings. The van der Waals surface area contributed by atoms with E-state index in [1.165, 1.54) is 109 Å². The molecule has 0 saturated carbocycles. The van der Waals surface area contributed by atoms with Gasteiger partial charge >= 0.3 is 17.9 Å². The van der Waals surface area contributed by atoms with E-state index in [9.17, 15) is 14.4 Å². The molecule has 0 spiro atoms. The van der Waals surface area contributed by atoms with Gasteiger partial charge in [-0.05, 0) is 109 Å². The lowest BCUT2D eigenvalue weighted by molar-refractivity contribution is -0.167. The molecule has 0 heterocycles. The molecule has 6 nitrogen and oxygen atoms in total. The van der Waals surface area contributed by atoms with Gasteiger partial charge in [-0.25, -0.2) is 0 Å². The summed E-state index contributed by atoms with van der Waals surface area (Å²) in [6, 6.07) is 0. The third kappa shape index (κ3) is 58.8. The minimum Gasteiger partial charge on any atom is -0.462 e. The zero-order chi connectivity index (χ0) is 52.9. The quantitative estimate of drug-likeness (QED) is 0.0261. The van der Waals surface area contributed by atoms with E-state index in [0.29, 0.717) is 19.3 Å². The Kier molecular flexibility index (Phi) is 57.4. The third-order valence-electron chi connectivity index (χ3n) is 12.8. The number of rotatable bonds is 54. The van der Waals surface area contributed by atoms with Gasteiger partial charge < -0.3 is 14.2 Å². The van der Waals surface area contributed by atoms with Crippen molar-refractivity contribution in [2.45, 2.75) is 284 Å². The maximum Gasteiger partial charge on any atom is 0.306 e. The van der Waals surface area contributed by atoms with Crippen LogP contribution in [0.15, 0.2) is 109 Å². The molecule has 0 aliphatic carbocycles. The van der Waals surface area contributed by atoms with Crippen LogP contribution in [-0.2, 0) is 28.6 Å². The summed E-state index contributed by atoms with van der Waals surface area (Å²) < 4.78 is 16.8. The highest BCUT2D eigenvalue weighted by molar-refractivity contribution is 5.71. The molecule has 0 radical (unpaired) electrons. The Labute approximate surface area is 450 Å². The number of hydrogen-bond donors (Lipinski definition) is 0. The summed E-state index contributed by atoms with van der Waals surface area (Å²) in [4.78, 5) is 38.0. The van der Waals surface area contributed by atoms with Gasteiger partial charge in [-0.3, -0.25) is 14.4 Å². The maximum atomic E-state index is 12.8. The van der Waals surface area contributed by atoms with E-state index in [4.69, 9.17) is 14.2 Å². The van der Waals surface area contributed by atoms with Gasteiger partial charge in [-0.1, -0.05) is 259 Å². The topological polar surface area (TPSA) is 78.9 Å². The molecule has 0 bridgehead atoms. The fourth-order valence-corrected chi connectivity index (χ4v) is 8.22. The summed E-state index contributed by atoms with van der Waals surface area (Å²) >= 11 is 0. The SMILES string of the molecule is CC/C=C\C/C=C\C/C=C\C/C=C\C/C=C\C/C=C\C/C=C\CCCCCCCC(=O)OCC(COC(=O)CCCCCCCCC)OC(=O)CCCCCCCCCCC/C=C\C/C=C\CCCCCCC. The normalized spacial score (nSPS) is 12.9. The molecule has 73 heavy (non-hydrogen) atoms. The van der Waals surface area contributed by atoms with Crippen LogP contribution >= 0.6 is 0 Å². The molecular formula is C67H112O6. The maximum absolute atomic E-state index is 12.8. The highest BCUT2D eigenvalue weighted by atomic mass is 16.6. The van der Waals surface area contributed by atoms with E-state index in [-0.39, 0.29) is 31.1 Å². The van der Waals surface area contributed by atoms with Crippen LogP contribution in [0, 0.1) is 0 Å². The fraction of sp³-hybridized carbons (Fsp3) is 0.687. The van der Waals surface area contributed by atoms with Gasteiger partial charge in [0.15, 0.2) is 6.10 Å². The molecule has 0 aromatic heterocycles. The molecule has 0 amide bonds. The Hall–Kier alpha value is -3.93. The van der Waals surface area contributed by atoms with Crippen LogP contribution in [0.5, 0.6) is 0 Å². The van der Waals surface area contributed by atoms with Crippen molar-refractivity contribution in [1.29, 1.82) is 0 Å². The van der Waals surface area contributed by atoms with Crippen LogP contribution in [0.4, 0.5) is 0 Å². The summed E-state index contributed by atoms with van der Waals surface area (Å²) in [7, 11) is 0. The van der Waals surface area contributed by atoms with E-state index in [2.05, 4.69) is 130 Å². The van der Waals surface area contributed by atoms with E-state index in [1.807, 2.05) is 0 Å². The smallest absolute Gasteiger partial charge is 0.306 e. The fourth-order valence-electron chi connectivity index (χ4n) is 8.22. The van der Waals surface area contributed by atoms with Gasteiger partial charge in [-0.2, -0.15) is 0 Å². The van der Waals surface area contributed by atoms with Crippen molar-refractivity contribution in [3.05, 3.63) is 109 Å². The second-order valence-electron chi connectivity index (χ2n) is 19.9. The van der Waals surface area contributed by atoms with Crippen LogP contribution < -0.4 is 0 Å². The van der Waals surface area contributed by atoms with Crippen molar-refractivity contribution in [2.24, 2.45) is 0 Å². The predicted molar refractivity (Wildman–Crippen MR) is 316 cm³/mol. The second-order valence-corrected chi connectivity index (χ2v) is 19.9. The van der Waals surface area contributed by atoms with Gasteiger partial charge in [0.1, 0.15) is 13.2 Å². The van der Waals surface area contributed by atoms with Gasteiger partial charge in [0.25, 0.3) is 0 Å². The number of ether oxygens (including phenoxy) is 3. The molecule has 0 aliphatic heterocycles. The summed E-state index contributed by atoms with van der Waals surface area (Å²) in [6.45, 7) is 6.46. The first-order chi connectivity index (χ1) is 36.0. The standard InChI is InChI=1S/C67H112O6/c1-4-7-10-13-16-18-20-22-24-26-28-30-31-32-33-34-35-37-38-40-42-44-46-48-51-54-57-60-66(69)72-63-64(62-71-65(68)59-56-53-50-15-12-9-6-3)73-67(70)61-58-55-52-49-47-45-43-41-39-36-29-27-25-23-21-19-17-14-11-8-5-2/h7,10,16,18,21-24,27-30,32-33,35,37,40,42,64H,4-6,8-9,11-15,17,19-20,25-26,31,34,36,38-39,41,43-63H2,1-3H3/b10-7-,18-16-,23-21-,24-22-,29-27-,30-28-,33-32-,37-35-,42-40-. The minimum atomic E-state index is -0.788. The lowest BCUT2D eigenvalue weighted by Gasteiger charge is -2.18. The van der Waals surface area contributed by atoms with Crippen LogP contribution in [-0.4, -0.2) is 37.2 Å². The Morgan fingerprint density at radius 2 is 0.534 bits per heavy atom. The molecule has 0 aliphatic rings. The molecule has 0 saturated heterocycles. The molecule has 1 unspecified atom stereocenters. The van der Waals surface area contributed by atoms with E-state index >= 15 is 0 Å². The van der Waals surface area contributed by atoms with Gasteiger partial charge in [0.2, 0.25) is 0 Å². The number of carbonyl (C=O) groups excluding carboxylic acids is 3. The molecule has 416 valence electrons. The van der Waals surface area contributed by atoms with Crippen molar-refractivity contribution in [2.75, 3.05) is 13.2 Å². The average Bonchev–Trinajstić information content (AvgIpc) is 3.39. The first-order valence-corrected chi connectivity index (χ1v) is 30.4. The van der Waals surface area contributed by atoms with Gasteiger partial charge in [0.05, 0.1) is 0 Å². The van der Waals surface area contributed by atoms with Crippen molar-refractivity contribution >= 4 is 17.9 Å². The third-order valence-corrected chi connectivity index (χ3v) is 12.8. The second kappa shape index (κ2) is 60.6. The molecule has 6 heteroatoms. The van der Waals surface area contributed by atoms with Crippen molar-refractivity contribution in [3.63, 3.8) is 0 Å². The summed E-state index contributed by atoms with van der Waals surface area (Å²) in [5.41, 5.74) is 0. The van der Waals surface area contributed by atoms with Crippen LogP contribution in [0.25, 0.3) is 0 Å². The first kappa shape index (κ1) is 69.1. The molecule has 0 fully saturated rings. The van der Waals surface area contributed by atoms with Crippen LogP contribution in [0.3, 0.4) is 0 Å². The number of allylic oxidation sites excluding steroid dienone is 18. The van der Waals surface area contributed by atoms with Crippen LogP contribution in [0.1, 0.15) is 278 Å². The summed E-state index contributed by atoms with van der Waals surface area (Å²) in [6.07, 6.45) is 82.5. The molecule has 0 rings (SSSR count). The van der Waals surface area contributed by atoms with E-state index in [0.717, 1.165) is 128 Å². The average molecular weight is 1010 g/mol. The number of unbranched alkanes of at least 4 members (excludes halogenated alkanes) is 25. The monoisotopic (exact) mass is 1010 g/mol. The van der Waals surface area contributed by atoms with Crippen molar-refractivity contribution in [1.82, 2.24) is 0 Å². The zero-order valence-electron chi connectivity index (χ0n) is 47.6. The molecule has 1 atom stereocenters. The lowest BCUT2D eigenvalue weighted by atomic mass is 10.1. The highest BCUT2D eigenvalue weighted by Gasteiger charge is 2.19. The summed E-state index contributed by atoms with van der Waals surface area (Å²) in [5.74, 6) is -0.914. The Bertz CT molecular complexity index is 1490. The predicted octanol–water partition coefficient (Wildman–Crippen LogP) is 20.7. The van der Waals surface area contributed by atoms with E-state index in [1.54, 1.807) is 0 Å². The van der Waals surface area contributed by atoms with E-state index < -0.39 is 6.10 Å². The Balaban J connectivity index is 4.24. The number of hydrogen-bond acceptors (Lipinski definition) is 6. The Morgan fingerprint density at radius 1 is 0.288 bits per heavy atom. The summed E-state index contributed by atoms with van der Waals surface area (Å²) in [5, 5.41) is 0. The highest BCUT2D eigenvalue weighted by Crippen LogP contribution is 2.15. The largest absolute Gasteiger partial charge is 0.462 e. The molecule has 0 N–H and O–H groups in total. The van der Waals surface area contributed by atoms with Crippen LogP contribution in [0.2, 0.25) is 0 Å². The molecule has 0 aromatic carbocycles. The number of esters is 3. The van der Waals surface area contributed by atoms with Crippen molar-refractivity contribution < 1.29 is 28.6 Å². The first-order valence-electron chi connectivity index (χ1n) is 30.4. The van der Waals surface area contributed by atoms with Crippen molar-refractivity contribution in [3.8, 4) is 0 Å². The number of carbonyl (C=O) groups is 3. The van der Waals surface area contributed by atoms with Gasteiger partial charge in [-0.15, -0.1) is 0 Å². The minimum absolute atomic E-state index is 0.0862. The zero-order valence-corrected chi connectivity index (χ0v) is 47.6. The molecular weight excluding hydrogens is 901 g/mol.